The van der Waals surface area contributed by atoms with Gasteiger partial charge in [-0.3, -0.25) is 4.90 Å². The minimum absolute atomic E-state index is 0.350. The largest absolute Gasteiger partial charge is 0.465 e. The lowest BCUT2D eigenvalue weighted by atomic mass is 9.80. The van der Waals surface area contributed by atoms with Gasteiger partial charge in [0.05, 0.1) is 6.54 Å². The molecule has 0 aromatic carbocycles. The van der Waals surface area contributed by atoms with Gasteiger partial charge in [-0.1, -0.05) is 26.7 Å². The molecule has 0 saturated heterocycles. The van der Waals surface area contributed by atoms with Crippen molar-refractivity contribution >= 4 is 12.6 Å². The number of hydrogen-bond acceptors (Lipinski definition) is 3. The third-order valence-electron chi connectivity index (χ3n) is 3.72. The minimum atomic E-state index is 0.350. The van der Waals surface area contributed by atoms with E-state index in [0.717, 1.165) is 30.4 Å². The van der Waals surface area contributed by atoms with Gasteiger partial charge < -0.3 is 4.42 Å². The van der Waals surface area contributed by atoms with Crippen molar-refractivity contribution in [2.45, 2.75) is 53.0 Å². The lowest BCUT2D eigenvalue weighted by molar-refractivity contribution is 0.157. The molecule has 0 aliphatic carbocycles. The van der Waals surface area contributed by atoms with E-state index >= 15 is 0 Å². The summed E-state index contributed by atoms with van der Waals surface area (Å²) in [6, 6.07) is 4.11. The van der Waals surface area contributed by atoms with Gasteiger partial charge in [0, 0.05) is 6.54 Å². The molecule has 19 heavy (non-hydrogen) atoms. The number of aryl methyl sites for hydroxylation is 1. The maximum atomic E-state index is 5.66. The Morgan fingerprint density at radius 3 is 2.26 bits per heavy atom. The van der Waals surface area contributed by atoms with Crippen molar-refractivity contribution in [3.05, 3.63) is 23.7 Å². The molecule has 0 unspecified atom stereocenters. The van der Waals surface area contributed by atoms with Crippen molar-refractivity contribution in [1.82, 2.24) is 4.90 Å². The van der Waals surface area contributed by atoms with Gasteiger partial charge in [-0.2, -0.15) is 12.6 Å². The summed E-state index contributed by atoms with van der Waals surface area (Å²) in [5.74, 6) is 3.02. The maximum absolute atomic E-state index is 5.66. The lowest BCUT2D eigenvalue weighted by Crippen LogP contribution is -2.37. The molecule has 110 valence electrons. The fourth-order valence-corrected chi connectivity index (χ4v) is 3.43. The van der Waals surface area contributed by atoms with Crippen LogP contribution in [0.3, 0.4) is 0 Å². The van der Waals surface area contributed by atoms with Crippen LogP contribution < -0.4 is 0 Å². The van der Waals surface area contributed by atoms with E-state index in [2.05, 4.69) is 44.5 Å². The molecule has 1 aromatic rings. The zero-order valence-corrected chi connectivity index (χ0v) is 13.8. The van der Waals surface area contributed by atoms with Crippen LogP contribution in [0.5, 0.6) is 0 Å². The summed E-state index contributed by atoms with van der Waals surface area (Å²) >= 11 is 4.62. The maximum Gasteiger partial charge on any atom is 0.118 e. The molecule has 3 heteroatoms. The van der Waals surface area contributed by atoms with Crippen LogP contribution in [0.25, 0.3) is 0 Å². The molecule has 2 nitrogen and oxygen atoms in total. The fourth-order valence-electron chi connectivity index (χ4n) is 3.02. The smallest absolute Gasteiger partial charge is 0.118 e. The highest BCUT2D eigenvalue weighted by atomic mass is 32.1. The van der Waals surface area contributed by atoms with Crippen LogP contribution in [0.1, 0.15) is 51.1 Å². The van der Waals surface area contributed by atoms with Gasteiger partial charge in [-0.05, 0) is 50.1 Å². The molecule has 1 rings (SSSR count). The van der Waals surface area contributed by atoms with Crippen LogP contribution >= 0.6 is 12.6 Å². The van der Waals surface area contributed by atoms with Gasteiger partial charge >= 0.3 is 0 Å². The molecule has 0 aliphatic heterocycles. The summed E-state index contributed by atoms with van der Waals surface area (Å²) < 4.78 is 5.66. The van der Waals surface area contributed by atoms with Gasteiger partial charge in [0.2, 0.25) is 0 Å². The number of hydrogen-bond donors (Lipinski definition) is 1. The molecule has 0 N–H and O–H groups in total. The van der Waals surface area contributed by atoms with Crippen molar-refractivity contribution in [1.29, 1.82) is 0 Å². The monoisotopic (exact) mass is 283 g/mol. The predicted octanol–water partition coefficient (Wildman–Crippen LogP) is 4.54. The molecule has 0 amide bonds. The van der Waals surface area contributed by atoms with Crippen LogP contribution in [0, 0.1) is 12.3 Å². The molecule has 1 heterocycles. The first kappa shape index (κ1) is 16.6. The van der Waals surface area contributed by atoms with Crippen molar-refractivity contribution < 1.29 is 4.42 Å². The number of thiol groups is 1. The third-order valence-corrected chi connectivity index (χ3v) is 4.39. The molecular formula is C16H29NOS. The predicted molar refractivity (Wildman–Crippen MR) is 85.9 cm³/mol. The van der Waals surface area contributed by atoms with Gasteiger partial charge in [-0.25, -0.2) is 0 Å². The number of nitrogens with zero attached hydrogens (tertiary/aromatic N) is 1. The quantitative estimate of drug-likeness (QED) is 0.670. The van der Waals surface area contributed by atoms with E-state index in [9.17, 15) is 0 Å². The van der Waals surface area contributed by atoms with E-state index in [1.54, 1.807) is 0 Å². The van der Waals surface area contributed by atoms with Gasteiger partial charge in [0.1, 0.15) is 11.5 Å². The zero-order chi connectivity index (χ0) is 14.3. The third kappa shape index (κ3) is 5.23. The van der Waals surface area contributed by atoms with Crippen LogP contribution in [0.15, 0.2) is 16.5 Å². The molecular weight excluding hydrogens is 254 g/mol. The van der Waals surface area contributed by atoms with Crippen molar-refractivity contribution in [3.63, 3.8) is 0 Å². The summed E-state index contributed by atoms with van der Waals surface area (Å²) in [5.41, 5.74) is 0.350. The zero-order valence-electron chi connectivity index (χ0n) is 12.9. The number of rotatable bonds is 9. The number of furan rings is 1. The highest BCUT2D eigenvalue weighted by Crippen LogP contribution is 2.32. The average molecular weight is 283 g/mol. The van der Waals surface area contributed by atoms with Crippen molar-refractivity contribution in [3.8, 4) is 0 Å². The van der Waals surface area contributed by atoms with Crippen LogP contribution in [-0.4, -0.2) is 24.2 Å². The van der Waals surface area contributed by atoms with E-state index in [4.69, 9.17) is 4.42 Å². The van der Waals surface area contributed by atoms with Crippen molar-refractivity contribution in [2.75, 3.05) is 19.3 Å². The summed E-state index contributed by atoms with van der Waals surface area (Å²) in [5, 5.41) is 0. The molecule has 0 aliphatic rings. The first-order valence-corrected chi connectivity index (χ1v) is 8.03. The highest BCUT2D eigenvalue weighted by molar-refractivity contribution is 7.80. The van der Waals surface area contributed by atoms with E-state index in [1.807, 2.05) is 13.0 Å². The first-order chi connectivity index (χ1) is 9.05. The molecule has 1 aromatic heterocycles. The minimum Gasteiger partial charge on any atom is -0.465 e. The Kier molecular flexibility index (Phi) is 7.01. The standard InChI is InChI=1S/C16H29NOS/c1-5-9-16(13-19,10-6-2)12-17(4)11-15-8-7-14(3)18-15/h7-8,19H,5-6,9-13H2,1-4H3. The van der Waals surface area contributed by atoms with Gasteiger partial charge in [0.25, 0.3) is 0 Å². The van der Waals surface area contributed by atoms with Crippen LogP contribution in [0.4, 0.5) is 0 Å². The summed E-state index contributed by atoms with van der Waals surface area (Å²) in [7, 11) is 2.18. The van der Waals surface area contributed by atoms with Gasteiger partial charge in [-0.15, -0.1) is 0 Å². The summed E-state index contributed by atoms with van der Waals surface area (Å²) in [4.78, 5) is 2.37. The van der Waals surface area contributed by atoms with Crippen molar-refractivity contribution in [2.24, 2.45) is 5.41 Å². The Morgan fingerprint density at radius 1 is 1.21 bits per heavy atom. The van der Waals surface area contributed by atoms with E-state index in [-0.39, 0.29) is 0 Å². The second-order valence-corrected chi connectivity index (χ2v) is 6.16. The van der Waals surface area contributed by atoms with E-state index < -0.39 is 0 Å². The topological polar surface area (TPSA) is 16.4 Å². The van der Waals surface area contributed by atoms with E-state index in [1.165, 1.54) is 25.7 Å². The molecule has 0 fully saturated rings. The summed E-state index contributed by atoms with van der Waals surface area (Å²) in [6.45, 7) is 8.51. The molecule has 0 spiro atoms. The van der Waals surface area contributed by atoms with Crippen LogP contribution in [0.2, 0.25) is 0 Å². The van der Waals surface area contributed by atoms with Gasteiger partial charge in [0.15, 0.2) is 0 Å². The molecule has 0 saturated carbocycles. The Morgan fingerprint density at radius 2 is 1.84 bits per heavy atom. The summed E-state index contributed by atoms with van der Waals surface area (Å²) in [6.07, 6.45) is 4.97. The molecule has 0 atom stereocenters. The second kappa shape index (κ2) is 8.01. The lowest BCUT2D eigenvalue weighted by Gasteiger charge is -2.36. The molecule has 0 bridgehead atoms. The molecule has 0 radical (unpaired) electrons. The first-order valence-electron chi connectivity index (χ1n) is 7.40. The highest BCUT2D eigenvalue weighted by Gasteiger charge is 2.28. The Labute approximate surface area is 124 Å². The fraction of sp³-hybridized carbons (Fsp3) is 0.750. The Hall–Kier alpha value is -0.410. The average Bonchev–Trinajstić information content (AvgIpc) is 2.75. The Balaban J connectivity index is 2.61. The Bertz CT molecular complexity index is 355. The normalized spacial score (nSPS) is 12.3. The second-order valence-electron chi connectivity index (χ2n) is 5.84. The SMILES string of the molecule is CCCC(CS)(CCC)CN(C)Cc1ccc(C)o1. The van der Waals surface area contributed by atoms with Crippen LogP contribution in [-0.2, 0) is 6.54 Å². The van der Waals surface area contributed by atoms with E-state index in [0.29, 0.717) is 5.41 Å².